The molecule has 0 fully saturated rings. The number of aromatic nitrogens is 1. The highest BCUT2D eigenvalue weighted by Gasteiger charge is 1.93. The predicted octanol–water partition coefficient (Wildman–Crippen LogP) is 1.93. The summed E-state index contributed by atoms with van der Waals surface area (Å²) in [5.74, 6) is 0.280. The molecular formula is C7H12ClN3. The second kappa shape index (κ2) is 4.79. The van der Waals surface area contributed by atoms with Crippen LogP contribution in [0.25, 0.3) is 0 Å². The Balaban J connectivity index is 0.000000461. The Hall–Kier alpha value is -0.960. The van der Waals surface area contributed by atoms with Crippen molar-refractivity contribution in [3.05, 3.63) is 17.3 Å². The van der Waals surface area contributed by atoms with Gasteiger partial charge in [0.25, 0.3) is 0 Å². The molecule has 1 rings (SSSR count). The van der Waals surface area contributed by atoms with Crippen LogP contribution in [0.2, 0.25) is 5.15 Å². The summed E-state index contributed by atoms with van der Waals surface area (Å²) >= 11 is 5.47. The Labute approximate surface area is 71.4 Å². The molecule has 0 saturated carbocycles. The predicted molar refractivity (Wildman–Crippen MR) is 49.4 cm³/mol. The van der Waals surface area contributed by atoms with Crippen LogP contribution in [0.3, 0.4) is 0 Å². The van der Waals surface area contributed by atoms with Gasteiger partial charge in [0.2, 0.25) is 0 Å². The summed E-state index contributed by atoms with van der Waals surface area (Å²) in [6.45, 7) is 4.00. The quantitative estimate of drug-likeness (QED) is 0.590. The molecule has 0 unspecified atom stereocenters. The van der Waals surface area contributed by atoms with Gasteiger partial charge in [-0.15, -0.1) is 0 Å². The normalized spacial score (nSPS) is 8.27. The van der Waals surface area contributed by atoms with Crippen molar-refractivity contribution in [1.82, 2.24) is 4.98 Å². The highest BCUT2D eigenvalue weighted by atomic mass is 35.5. The van der Waals surface area contributed by atoms with Gasteiger partial charge in [0.1, 0.15) is 11.0 Å². The summed E-state index contributed by atoms with van der Waals surface area (Å²) in [6.07, 6.45) is 0. The maximum atomic E-state index is 5.47. The molecule has 4 N–H and O–H groups in total. The largest absolute Gasteiger partial charge is 0.396 e. The van der Waals surface area contributed by atoms with Gasteiger partial charge in [0, 0.05) is 0 Å². The van der Waals surface area contributed by atoms with Crippen molar-refractivity contribution >= 4 is 23.1 Å². The van der Waals surface area contributed by atoms with E-state index in [-0.39, 0.29) is 5.82 Å². The van der Waals surface area contributed by atoms with E-state index in [2.05, 4.69) is 4.98 Å². The second-order valence-corrected chi connectivity index (χ2v) is 2.00. The minimum atomic E-state index is 0.280. The first-order valence-corrected chi connectivity index (χ1v) is 3.75. The van der Waals surface area contributed by atoms with E-state index in [1.54, 1.807) is 12.1 Å². The Morgan fingerprint density at radius 2 is 1.82 bits per heavy atom. The summed E-state index contributed by atoms with van der Waals surface area (Å²) in [5.41, 5.74) is 11.1. The number of hydrogen-bond donors (Lipinski definition) is 2. The smallest absolute Gasteiger partial charge is 0.148 e. The molecule has 1 aromatic rings. The van der Waals surface area contributed by atoms with Crippen molar-refractivity contribution in [3.8, 4) is 0 Å². The van der Waals surface area contributed by atoms with E-state index in [0.717, 1.165) is 0 Å². The van der Waals surface area contributed by atoms with Crippen molar-refractivity contribution in [2.45, 2.75) is 13.8 Å². The van der Waals surface area contributed by atoms with Gasteiger partial charge in [0.05, 0.1) is 5.69 Å². The fourth-order valence-corrected chi connectivity index (χ4v) is 0.615. The van der Waals surface area contributed by atoms with E-state index in [0.29, 0.717) is 10.8 Å². The van der Waals surface area contributed by atoms with Gasteiger partial charge in [-0.1, -0.05) is 25.4 Å². The molecule has 1 heterocycles. The topological polar surface area (TPSA) is 64.9 Å². The fourth-order valence-electron chi connectivity index (χ4n) is 0.461. The van der Waals surface area contributed by atoms with Crippen LogP contribution in [-0.4, -0.2) is 4.98 Å². The fraction of sp³-hybridized carbons (Fsp3) is 0.286. The van der Waals surface area contributed by atoms with E-state index in [1.165, 1.54) is 0 Å². The molecule has 0 aromatic carbocycles. The van der Waals surface area contributed by atoms with Crippen LogP contribution in [0.4, 0.5) is 11.5 Å². The number of pyridine rings is 1. The maximum absolute atomic E-state index is 5.47. The molecule has 0 saturated heterocycles. The number of hydrogen-bond acceptors (Lipinski definition) is 3. The van der Waals surface area contributed by atoms with Crippen molar-refractivity contribution in [2.75, 3.05) is 11.5 Å². The summed E-state index contributed by atoms with van der Waals surface area (Å²) in [4.78, 5) is 3.69. The van der Waals surface area contributed by atoms with Crippen LogP contribution in [0.15, 0.2) is 12.1 Å². The first-order valence-electron chi connectivity index (χ1n) is 3.37. The van der Waals surface area contributed by atoms with Crippen LogP contribution < -0.4 is 11.5 Å². The summed E-state index contributed by atoms with van der Waals surface area (Å²) in [5, 5.41) is 0.363. The summed E-state index contributed by atoms with van der Waals surface area (Å²) < 4.78 is 0. The lowest BCUT2D eigenvalue weighted by Crippen LogP contribution is -1.96. The number of halogens is 1. The van der Waals surface area contributed by atoms with Gasteiger partial charge in [-0.3, -0.25) is 0 Å². The average molecular weight is 174 g/mol. The number of nitrogens with two attached hydrogens (primary N) is 2. The molecule has 0 atom stereocenters. The summed E-state index contributed by atoms with van der Waals surface area (Å²) in [7, 11) is 0. The molecule has 3 nitrogen and oxygen atoms in total. The standard InChI is InChI=1S/C5H6ClN3.C2H6/c6-4-2-1-3(7)5(8)9-4;1-2/h1-2H,7H2,(H2,8,9);1-2H3. The number of anilines is 2. The van der Waals surface area contributed by atoms with Gasteiger partial charge >= 0.3 is 0 Å². The number of rotatable bonds is 0. The zero-order chi connectivity index (χ0) is 8.85. The monoisotopic (exact) mass is 173 g/mol. The molecule has 0 bridgehead atoms. The number of nitrogens with zero attached hydrogens (tertiary/aromatic N) is 1. The molecule has 0 aliphatic rings. The maximum Gasteiger partial charge on any atom is 0.148 e. The highest BCUT2D eigenvalue weighted by Crippen LogP contribution is 2.13. The van der Waals surface area contributed by atoms with Gasteiger partial charge in [-0.05, 0) is 12.1 Å². The first kappa shape index (κ1) is 10.0. The Kier molecular flexibility index (Phi) is 4.38. The third-order valence-corrected chi connectivity index (χ3v) is 1.13. The van der Waals surface area contributed by atoms with E-state index < -0.39 is 0 Å². The Morgan fingerprint density at radius 1 is 1.27 bits per heavy atom. The molecule has 0 aliphatic heterocycles. The lowest BCUT2D eigenvalue weighted by molar-refractivity contribution is 1.34. The first-order chi connectivity index (χ1) is 5.20. The lowest BCUT2D eigenvalue weighted by Gasteiger charge is -1.95. The van der Waals surface area contributed by atoms with Crippen molar-refractivity contribution in [3.63, 3.8) is 0 Å². The van der Waals surface area contributed by atoms with Crippen LogP contribution >= 0.6 is 11.6 Å². The molecule has 62 valence electrons. The third kappa shape index (κ3) is 3.09. The summed E-state index contributed by atoms with van der Waals surface area (Å²) in [6, 6.07) is 3.21. The molecule has 0 aliphatic carbocycles. The van der Waals surface area contributed by atoms with Crippen molar-refractivity contribution in [2.24, 2.45) is 0 Å². The van der Waals surface area contributed by atoms with E-state index in [1.807, 2.05) is 13.8 Å². The van der Waals surface area contributed by atoms with E-state index >= 15 is 0 Å². The average Bonchev–Trinajstić information content (AvgIpc) is 2.02. The second-order valence-electron chi connectivity index (χ2n) is 1.61. The van der Waals surface area contributed by atoms with Crippen LogP contribution in [0.5, 0.6) is 0 Å². The Bertz CT molecular complexity index is 225. The van der Waals surface area contributed by atoms with Crippen LogP contribution in [0.1, 0.15) is 13.8 Å². The van der Waals surface area contributed by atoms with Crippen molar-refractivity contribution < 1.29 is 0 Å². The minimum Gasteiger partial charge on any atom is -0.396 e. The zero-order valence-electron chi connectivity index (χ0n) is 6.63. The molecule has 1 aromatic heterocycles. The van der Waals surface area contributed by atoms with E-state index in [4.69, 9.17) is 23.1 Å². The van der Waals surface area contributed by atoms with Crippen LogP contribution in [0, 0.1) is 0 Å². The van der Waals surface area contributed by atoms with Crippen LogP contribution in [-0.2, 0) is 0 Å². The molecular weight excluding hydrogens is 162 g/mol. The number of nitrogen functional groups attached to an aromatic ring is 2. The zero-order valence-corrected chi connectivity index (χ0v) is 7.39. The SMILES string of the molecule is CC.Nc1ccc(Cl)nc1N. The lowest BCUT2D eigenvalue weighted by atomic mass is 10.4. The van der Waals surface area contributed by atoms with Crippen molar-refractivity contribution in [1.29, 1.82) is 0 Å². The minimum absolute atomic E-state index is 0.280. The van der Waals surface area contributed by atoms with Gasteiger partial charge in [-0.25, -0.2) is 4.98 Å². The highest BCUT2D eigenvalue weighted by molar-refractivity contribution is 6.29. The van der Waals surface area contributed by atoms with Gasteiger partial charge in [-0.2, -0.15) is 0 Å². The Morgan fingerprint density at radius 3 is 2.18 bits per heavy atom. The van der Waals surface area contributed by atoms with E-state index in [9.17, 15) is 0 Å². The molecule has 11 heavy (non-hydrogen) atoms. The van der Waals surface area contributed by atoms with Gasteiger partial charge < -0.3 is 11.5 Å². The van der Waals surface area contributed by atoms with Gasteiger partial charge in [0.15, 0.2) is 0 Å². The molecule has 0 radical (unpaired) electrons. The molecule has 0 spiro atoms. The molecule has 4 heteroatoms. The molecule has 0 amide bonds. The third-order valence-electron chi connectivity index (χ3n) is 0.923.